The van der Waals surface area contributed by atoms with Gasteiger partial charge in [0.2, 0.25) is 0 Å². The fourth-order valence-electron chi connectivity index (χ4n) is 2.20. The third-order valence-electron chi connectivity index (χ3n) is 3.24. The number of nitrogens with two attached hydrogens (primary N) is 1. The second-order valence-corrected chi connectivity index (χ2v) is 5.42. The molecule has 7 heteroatoms. The summed E-state index contributed by atoms with van der Waals surface area (Å²) in [7, 11) is 0. The first-order valence-electron chi connectivity index (χ1n) is 6.75. The van der Waals surface area contributed by atoms with Gasteiger partial charge in [0.25, 0.3) is 0 Å². The predicted molar refractivity (Wildman–Crippen MR) is 84.5 cm³/mol. The lowest BCUT2D eigenvalue weighted by Crippen LogP contribution is -2.36. The summed E-state index contributed by atoms with van der Waals surface area (Å²) in [6, 6.07) is 7.69. The molecule has 1 fully saturated rings. The van der Waals surface area contributed by atoms with Crippen LogP contribution < -0.4 is 10.6 Å². The molecule has 0 radical (unpaired) electrons. The Labute approximate surface area is 127 Å². The van der Waals surface area contributed by atoms with Crippen molar-refractivity contribution in [1.29, 1.82) is 0 Å². The monoisotopic (exact) mass is 303 g/mol. The average molecular weight is 303 g/mol. The Morgan fingerprint density at radius 1 is 1.14 bits per heavy atom. The van der Waals surface area contributed by atoms with Crippen molar-refractivity contribution in [3.8, 4) is 11.4 Å². The topological polar surface area (TPSA) is 77.2 Å². The zero-order chi connectivity index (χ0) is 14.7. The first-order chi connectivity index (χ1) is 10.3. The standard InChI is InChI=1S/C14H17N5OS/c1-21-14-17-11(9-12(15)18-14)10-3-2-4-13(16-10)19-5-7-20-8-6-19/h2-4,9H,5-8H2,1H3,(H2,15,17,18). The molecule has 0 bridgehead atoms. The molecule has 1 aliphatic heterocycles. The van der Waals surface area contributed by atoms with Crippen molar-refractivity contribution in [2.45, 2.75) is 5.16 Å². The molecule has 2 N–H and O–H groups in total. The normalized spacial score (nSPS) is 15.2. The van der Waals surface area contributed by atoms with Crippen molar-refractivity contribution in [3.05, 3.63) is 24.3 Å². The Morgan fingerprint density at radius 3 is 2.71 bits per heavy atom. The summed E-state index contributed by atoms with van der Waals surface area (Å²) < 4.78 is 5.37. The lowest BCUT2D eigenvalue weighted by atomic mass is 10.2. The molecule has 110 valence electrons. The van der Waals surface area contributed by atoms with Crippen molar-refractivity contribution in [2.24, 2.45) is 0 Å². The predicted octanol–water partition coefficient (Wildman–Crippen LogP) is 1.68. The molecule has 0 aliphatic carbocycles. The number of pyridine rings is 1. The molecule has 3 rings (SSSR count). The van der Waals surface area contributed by atoms with Crippen LogP contribution in [0.3, 0.4) is 0 Å². The molecule has 1 saturated heterocycles. The van der Waals surface area contributed by atoms with Gasteiger partial charge >= 0.3 is 0 Å². The second kappa shape index (κ2) is 6.28. The summed E-state index contributed by atoms with van der Waals surface area (Å²) >= 11 is 1.47. The van der Waals surface area contributed by atoms with Crippen LogP contribution in [0, 0.1) is 0 Å². The average Bonchev–Trinajstić information content (AvgIpc) is 2.55. The fourth-order valence-corrected chi connectivity index (χ4v) is 2.59. The second-order valence-electron chi connectivity index (χ2n) is 4.65. The number of hydrogen-bond acceptors (Lipinski definition) is 7. The highest BCUT2D eigenvalue weighted by molar-refractivity contribution is 7.98. The van der Waals surface area contributed by atoms with Gasteiger partial charge in [-0.3, -0.25) is 0 Å². The highest BCUT2D eigenvalue weighted by atomic mass is 32.2. The van der Waals surface area contributed by atoms with Gasteiger partial charge in [-0.2, -0.15) is 0 Å². The van der Waals surface area contributed by atoms with E-state index in [1.807, 2.05) is 24.5 Å². The molecular formula is C14H17N5OS. The van der Waals surface area contributed by atoms with E-state index in [1.165, 1.54) is 11.8 Å². The molecule has 0 unspecified atom stereocenters. The van der Waals surface area contributed by atoms with E-state index in [2.05, 4.69) is 14.9 Å². The van der Waals surface area contributed by atoms with Crippen molar-refractivity contribution in [1.82, 2.24) is 15.0 Å². The largest absolute Gasteiger partial charge is 0.384 e. The van der Waals surface area contributed by atoms with Crippen LogP contribution in [0.4, 0.5) is 11.6 Å². The first kappa shape index (κ1) is 14.1. The Morgan fingerprint density at radius 2 is 1.95 bits per heavy atom. The van der Waals surface area contributed by atoms with Crippen LogP contribution in [0.2, 0.25) is 0 Å². The van der Waals surface area contributed by atoms with Crippen LogP contribution in [0.15, 0.2) is 29.4 Å². The summed E-state index contributed by atoms with van der Waals surface area (Å²) in [4.78, 5) is 15.6. The minimum Gasteiger partial charge on any atom is -0.384 e. The minimum absolute atomic E-state index is 0.461. The zero-order valence-electron chi connectivity index (χ0n) is 11.8. The Balaban J connectivity index is 1.93. The summed E-state index contributed by atoms with van der Waals surface area (Å²) in [6.45, 7) is 3.20. The fraction of sp³-hybridized carbons (Fsp3) is 0.357. The molecule has 0 aromatic carbocycles. The van der Waals surface area contributed by atoms with Gasteiger partial charge in [-0.05, 0) is 18.4 Å². The smallest absolute Gasteiger partial charge is 0.189 e. The molecule has 0 spiro atoms. The maximum atomic E-state index is 5.83. The van der Waals surface area contributed by atoms with E-state index in [0.717, 1.165) is 43.5 Å². The van der Waals surface area contributed by atoms with E-state index in [-0.39, 0.29) is 0 Å². The van der Waals surface area contributed by atoms with Crippen LogP contribution in [0.5, 0.6) is 0 Å². The van der Waals surface area contributed by atoms with Gasteiger partial charge in [0.1, 0.15) is 11.6 Å². The summed E-state index contributed by atoms with van der Waals surface area (Å²) in [5, 5.41) is 0.656. The molecular weight excluding hydrogens is 286 g/mol. The number of morpholine rings is 1. The number of aromatic nitrogens is 3. The number of ether oxygens (including phenoxy) is 1. The Kier molecular flexibility index (Phi) is 4.21. The van der Waals surface area contributed by atoms with Crippen LogP contribution in [0.25, 0.3) is 11.4 Å². The summed E-state index contributed by atoms with van der Waals surface area (Å²) in [6.07, 6.45) is 1.93. The SMILES string of the molecule is CSc1nc(N)cc(-c2cccc(N3CCOCC3)n2)n1. The number of anilines is 2. The van der Waals surface area contributed by atoms with Gasteiger partial charge in [0.05, 0.1) is 24.6 Å². The van der Waals surface area contributed by atoms with Gasteiger partial charge in [-0.1, -0.05) is 17.8 Å². The maximum absolute atomic E-state index is 5.83. The zero-order valence-corrected chi connectivity index (χ0v) is 12.6. The third-order valence-corrected chi connectivity index (χ3v) is 3.79. The number of rotatable bonds is 3. The molecule has 0 amide bonds. The number of thioether (sulfide) groups is 1. The van der Waals surface area contributed by atoms with Crippen LogP contribution in [0.1, 0.15) is 0 Å². The minimum atomic E-state index is 0.461. The van der Waals surface area contributed by atoms with Crippen molar-refractivity contribution >= 4 is 23.4 Å². The van der Waals surface area contributed by atoms with E-state index in [9.17, 15) is 0 Å². The van der Waals surface area contributed by atoms with Gasteiger partial charge in [-0.25, -0.2) is 15.0 Å². The van der Waals surface area contributed by atoms with Crippen molar-refractivity contribution in [3.63, 3.8) is 0 Å². The highest BCUT2D eigenvalue weighted by Crippen LogP contribution is 2.23. The van der Waals surface area contributed by atoms with Gasteiger partial charge in [-0.15, -0.1) is 0 Å². The number of nitrogen functional groups attached to an aromatic ring is 1. The van der Waals surface area contributed by atoms with E-state index < -0.39 is 0 Å². The first-order valence-corrected chi connectivity index (χ1v) is 7.97. The molecule has 1 aliphatic rings. The van der Waals surface area contributed by atoms with Crippen LogP contribution in [-0.4, -0.2) is 47.5 Å². The third kappa shape index (κ3) is 3.25. The lowest BCUT2D eigenvalue weighted by Gasteiger charge is -2.28. The van der Waals surface area contributed by atoms with Gasteiger partial charge in [0.15, 0.2) is 5.16 Å². The molecule has 2 aromatic heterocycles. The molecule has 0 atom stereocenters. The Bertz CT molecular complexity index is 631. The van der Waals surface area contributed by atoms with E-state index >= 15 is 0 Å². The Hall–Kier alpha value is -1.86. The van der Waals surface area contributed by atoms with Gasteiger partial charge in [0, 0.05) is 19.2 Å². The molecule has 2 aromatic rings. The molecule has 6 nitrogen and oxygen atoms in total. The van der Waals surface area contributed by atoms with E-state index in [4.69, 9.17) is 15.5 Å². The summed E-state index contributed by atoms with van der Waals surface area (Å²) in [5.41, 5.74) is 7.39. The lowest BCUT2D eigenvalue weighted by molar-refractivity contribution is 0.122. The van der Waals surface area contributed by atoms with E-state index in [1.54, 1.807) is 6.07 Å². The number of nitrogens with zero attached hydrogens (tertiary/aromatic N) is 4. The van der Waals surface area contributed by atoms with Crippen molar-refractivity contribution < 1.29 is 4.74 Å². The van der Waals surface area contributed by atoms with Crippen LogP contribution in [-0.2, 0) is 4.74 Å². The van der Waals surface area contributed by atoms with Crippen LogP contribution >= 0.6 is 11.8 Å². The van der Waals surface area contributed by atoms with E-state index in [0.29, 0.717) is 11.0 Å². The highest BCUT2D eigenvalue weighted by Gasteiger charge is 2.14. The molecule has 0 saturated carbocycles. The van der Waals surface area contributed by atoms with Gasteiger partial charge < -0.3 is 15.4 Å². The van der Waals surface area contributed by atoms with Crippen molar-refractivity contribution in [2.75, 3.05) is 43.2 Å². The number of hydrogen-bond donors (Lipinski definition) is 1. The molecule has 21 heavy (non-hydrogen) atoms. The summed E-state index contributed by atoms with van der Waals surface area (Å²) in [5.74, 6) is 1.40. The quantitative estimate of drug-likeness (QED) is 0.682. The molecule has 3 heterocycles. The maximum Gasteiger partial charge on any atom is 0.189 e.